The molecule has 2 aromatic rings. The molecule has 0 radical (unpaired) electrons. The summed E-state index contributed by atoms with van der Waals surface area (Å²) in [6.45, 7) is 4.13. The van der Waals surface area contributed by atoms with Crippen molar-refractivity contribution in [2.75, 3.05) is 13.1 Å². The zero-order valence-electron chi connectivity index (χ0n) is 14.9. The lowest BCUT2D eigenvalue weighted by atomic mass is 10.2. The van der Waals surface area contributed by atoms with E-state index in [0.29, 0.717) is 18.8 Å². The molecule has 0 saturated carbocycles. The average Bonchev–Trinajstić information content (AvgIpc) is 3.13. The van der Waals surface area contributed by atoms with Crippen LogP contribution in [0.3, 0.4) is 0 Å². The van der Waals surface area contributed by atoms with E-state index in [1.54, 1.807) is 16.4 Å². The maximum absolute atomic E-state index is 12.6. The number of tetrazole rings is 1. The molecule has 142 valence electrons. The van der Waals surface area contributed by atoms with Gasteiger partial charge in [-0.25, -0.2) is 18.1 Å². The van der Waals surface area contributed by atoms with Crippen LogP contribution in [-0.4, -0.2) is 51.0 Å². The van der Waals surface area contributed by atoms with Crippen LogP contribution in [0.2, 0.25) is 0 Å². The molecule has 0 N–H and O–H groups in total. The number of aromatic nitrogens is 5. The Labute approximate surface area is 158 Å². The first-order chi connectivity index (χ1) is 12.6. The summed E-state index contributed by atoms with van der Waals surface area (Å²) in [5, 5.41) is 12.5. The molecule has 1 aliphatic rings. The van der Waals surface area contributed by atoms with Gasteiger partial charge in [0.15, 0.2) is 5.82 Å². The van der Waals surface area contributed by atoms with Crippen molar-refractivity contribution >= 4 is 21.8 Å². The summed E-state index contributed by atoms with van der Waals surface area (Å²) in [7, 11) is -3.43. The minimum absolute atomic E-state index is 0.261. The van der Waals surface area contributed by atoms with Gasteiger partial charge in [0.2, 0.25) is 10.0 Å². The van der Waals surface area contributed by atoms with Crippen LogP contribution in [-0.2, 0) is 22.3 Å². The smallest absolute Gasteiger partial charge is 0.244 e. The Hall–Kier alpha value is -1.52. The summed E-state index contributed by atoms with van der Waals surface area (Å²) in [6, 6.07) is 3.39. The van der Waals surface area contributed by atoms with Gasteiger partial charge in [-0.05, 0) is 41.8 Å². The van der Waals surface area contributed by atoms with Crippen LogP contribution in [0.1, 0.15) is 44.9 Å². The lowest BCUT2D eigenvalue weighted by molar-refractivity contribution is 0.346. The van der Waals surface area contributed by atoms with Crippen LogP contribution in [0.4, 0.5) is 0 Å². The molecule has 0 aliphatic carbocycles. The highest BCUT2D eigenvalue weighted by molar-refractivity contribution is 7.98. The number of sulfonamides is 1. The van der Waals surface area contributed by atoms with E-state index < -0.39 is 10.0 Å². The molecule has 10 heteroatoms. The van der Waals surface area contributed by atoms with Crippen molar-refractivity contribution in [1.82, 2.24) is 29.5 Å². The molecule has 0 aromatic carbocycles. The Morgan fingerprint density at radius 1 is 1.19 bits per heavy atom. The van der Waals surface area contributed by atoms with E-state index in [4.69, 9.17) is 0 Å². The third-order valence-electron chi connectivity index (χ3n) is 4.34. The molecule has 1 fully saturated rings. The van der Waals surface area contributed by atoms with E-state index in [1.165, 1.54) is 18.0 Å². The fourth-order valence-corrected chi connectivity index (χ4v) is 5.04. The Kier molecular flexibility index (Phi) is 6.60. The van der Waals surface area contributed by atoms with Crippen molar-refractivity contribution < 1.29 is 8.42 Å². The lowest BCUT2D eigenvalue weighted by Crippen LogP contribution is -2.35. The van der Waals surface area contributed by atoms with Gasteiger partial charge in [-0.15, -0.1) is 5.10 Å². The fourth-order valence-electron chi connectivity index (χ4n) is 2.81. The normalized spacial score (nSPS) is 16.0. The number of piperidine rings is 1. The van der Waals surface area contributed by atoms with Gasteiger partial charge < -0.3 is 0 Å². The zero-order valence-corrected chi connectivity index (χ0v) is 16.5. The first kappa shape index (κ1) is 19.2. The summed E-state index contributed by atoms with van der Waals surface area (Å²) in [6.07, 6.45) is 6.51. The molecule has 0 bridgehead atoms. The maximum Gasteiger partial charge on any atom is 0.244 e. The summed E-state index contributed by atoms with van der Waals surface area (Å²) >= 11 is 1.50. The van der Waals surface area contributed by atoms with Gasteiger partial charge in [0.05, 0.1) is 10.8 Å². The number of thioether (sulfide) groups is 1. The summed E-state index contributed by atoms with van der Waals surface area (Å²) in [4.78, 5) is 4.57. The van der Waals surface area contributed by atoms with Gasteiger partial charge in [-0.1, -0.05) is 31.5 Å². The number of unbranched alkanes of at least 4 members (excludes halogenated alkanes) is 1. The molecule has 0 unspecified atom stereocenters. The minimum atomic E-state index is -3.43. The first-order valence-corrected chi connectivity index (χ1v) is 11.4. The third-order valence-corrected chi connectivity index (χ3v) is 7.16. The predicted molar refractivity (Wildman–Crippen MR) is 99.1 cm³/mol. The van der Waals surface area contributed by atoms with E-state index >= 15 is 0 Å². The van der Waals surface area contributed by atoms with E-state index in [1.807, 2.05) is 4.68 Å². The number of nitrogens with zero attached hydrogens (tertiary/aromatic N) is 6. The highest BCUT2D eigenvalue weighted by atomic mass is 32.2. The zero-order chi connectivity index (χ0) is 18.4. The van der Waals surface area contributed by atoms with Crippen molar-refractivity contribution in [3.8, 4) is 0 Å². The van der Waals surface area contributed by atoms with Crippen LogP contribution >= 0.6 is 11.8 Å². The second kappa shape index (κ2) is 8.92. The van der Waals surface area contributed by atoms with E-state index in [2.05, 4.69) is 27.4 Å². The Morgan fingerprint density at radius 2 is 2.00 bits per heavy atom. The molecule has 8 nitrogen and oxygen atoms in total. The molecule has 3 rings (SSSR count). The number of rotatable bonds is 8. The molecular weight excluding hydrogens is 372 g/mol. The standard InChI is InChI=1S/C16H24N6O2S2/c1-2-3-11-22-15(18-19-20-22)13-25-16-8-7-14(12-17-16)26(23,24)21-9-5-4-6-10-21/h7-8,12H,2-6,9-11,13H2,1H3. The Balaban J connectivity index is 1.62. The monoisotopic (exact) mass is 396 g/mol. The first-order valence-electron chi connectivity index (χ1n) is 8.95. The van der Waals surface area contributed by atoms with E-state index in [-0.39, 0.29) is 4.90 Å². The topological polar surface area (TPSA) is 93.9 Å². The number of aryl methyl sites for hydroxylation is 1. The van der Waals surface area contributed by atoms with Gasteiger partial charge >= 0.3 is 0 Å². The molecule has 1 saturated heterocycles. The molecule has 26 heavy (non-hydrogen) atoms. The van der Waals surface area contributed by atoms with Crippen molar-refractivity contribution in [1.29, 1.82) is 0 Å². The highest BCUT2D eigenvalue weighted by Crippen LogP contribution is 2.23. The van der Waals surface area contributed by atoms with Crippen LogP contribution < -0.4 is 0 Å². The SMILES string of the molecule is CCCCn1nnnc1CSc1ccc(S(=O)(=O)N2CCCCC2)cn1. The van der Waals surface area contributed by atoms with E-state index in [9.17, 15) is 8.42 Å². The van der Waals surface area contributed by atoms with Gasteiger partial charge in [0.1, 0.15) is 4.90 Å². The second-order valence-corrected chi connectivity index (χ2v) is 9.19. The van der Waals surface area contributed by atoms with Crippen molar-refractivity contribution in [2.24, 2.45) is 0 Å². The largest absolute Gasteiger partial charge is 0.249 e. The molecule has 0 spiro atoms. The third kappa shape index (κ3) is 4.60. The van der Waals surface area contributed by atoms with Gasteiger partial charge in [0, 0.05) is 25.8 Å². The maximum atomic E-state index is 12.6. The molecule has 2 aromatic heterocycles. The summed E-state index contributed by atoms with van der Waals surface area (Å²) < 4.78 is 28.6. The summed E-state index contributed by atoms with van der Waals surface area (Å²) in [5.41, 5.74) is 0. The van der Waals surface area contributed by atoms with Crippen LogP contribution in [0, 0.1) is 0 Å². The van der Waals surface area contributed by atoms with Gasteiger partial charge in [-0.2, -0.15) is 4.31 Å². The average molecular weight is 397 g/mol. The Bertz CT molecular complexity index is 800. The molecule has 1 aliphatic heterocycles. The van der Waals surface area contributed by atoms with Crippen LogP contribution in [0.15, 0.2) is 28.3 Å². The number of hydrogen-bond acceptors (Lipinski definition) is 7. The minimum Gasteiger partial charge on any atom is -0.249 e. The van der Waals surface area contributed by atoms with Crippen molar-refractivity contribution in [3.63, 3.8) is 0 Å². The van der Waals surface area contributed by atoms with Crippen LogP contribution in [0.25, 0.3) is 0 Å². The van der Waals surface area contributed by atoms with Gasteiger partial charge in [-0.3, -0.25) is 0 Å². The molecular formula is C16H24N6O2S2. The lowest BCUT2D eigenvalue weighted by Gasteiger charge is -2.25. The second-order valence-electron chi connectivity index (χ2n) is 6.26. The number of pyridine rings is 1. The van der Waals surface area contributed by atoms with Crippen LogP contribution in [0.5, 0.6) is 0 Å². The quantitative estimate of drug-likeness (QED) is 0.632. The number of hydrogen-bond donors (Lipinski definition) is 0. The predicted octanol–water partition coefficient (Wildman–Crippen LogP) is 2.34. The molecule has 0 amide bonds. The molecule has 0 atom stereocenters. The Morgan fingerprint density at radius 3 is 2.69 bits per heavy atom. The fraction of sp³-hybridized carbons (Fsp3) is 0.625. The van der Waals surface area contributed by atoms with E-state index in [0.717, 1.165) is 49.5 Å². The van der Waals surface area contributed by atoms with Crippen molar-refractivity contribution in [3.05, 3.63) is 24.2 Å². The molecule has 3 heterocycles. The summed E-state index contributed by atoms with van der Waals surface area (Å²) in [5.74, 6) is 1.40. The highest BCUT2D eigenvalue weighted by Gasteiger charge is 2.26. The van der Waals surface area contributed by atoms with Gasteiger partial charge in [0.25, 0.3) is 0 Å². The van der Waals surface area contributed by atoms with Crippen molar-refractivity contribution in [2.45, 2.75) is 61.2 Å².